The first-order chi connectivity index (χ1) is 9.67. The smallest absolute Gasteiger partial charge is 0.162 e. The molecule has 0 spiro atoms. The molecular weight excluding hydrogens is 260 g/mol. The number of hydrogen-bond donors (Lipinski definition) is 1. The molecule has 0 aliphatic rings. The van der Waals surface area contributed by atoms with Crippen molar-refractivity contribution in [1.82, 2.24) is 14.9 Å². The fourth-order valence-electron chi connectivity index (χ4n) is 2.33. The minimum Gasteiger partial charge on any atom is -0.334 e. The lowest BCUT2D eigenvalue weighted by molar-refractivity contribution is 0.464. The van der Waals surface area contributed by atoms with Crippen LogP contribution >= 0.6 is 0 Å². The van der Waals surface area contributed by atoms with Gasteiger partial charge in [-0.05, 0) is 31.5 Å². The molecule has 1 N–H and O–H groups in total. The highest BCUT2D eigenvalue weighted by Gasteiger charge is 2.19. The molecule has 3 nitrogen and oxygen atoms in total. The number of halogens is 2. The SMILES string of the molecule is CCNC(Cc1cccc(F)c1F)c1nccn1CC. The Morgan fingerprint density at radius 3 is 2.80 bits per heavy atom. The van der Waals surface area contributed by atoms with E-state index in [1.54, 1.807) is 12.3 Å². The van der Waals surface area contributed by atoms with Crippen molar-refractivity contribution in [1.29, 1.82) is 0 Å². The predicted octanol–water partition coefficient (Wildman–Crippen LogP) is 3.07. The monoisotopic (exact) mass is 279 g/mol. The molecule has 5 heteroatoms. The van der Waals surface area contributed by atoms with Crippen LogP contribution in [0.5, 0.6) is 0 Å². The molecule has 2 rings (SSSR count). The average molecular weight is 279 g/mol. The quantitative estimate of drug-likeness (QED) is 0.880. The summed E-state index contributed by atoms with van der Waals surface area (Å²) in [6.07, 6.45) is 3.99. The number of nitrogens with one attached hydrogen (secondary N) is 1. The standard InChI is InChI=1S/C15H19F2N3/c1-3-18-13(15-19-8-9-20(15)4-2)10-11-6-5-7-12(16)14(11)17/h5-9,13,18H,3-4,10H2,1-2H3. The van der Waals surface area contributed by atoms with E-state index >= 15 is 0 Å². The summed E-state index contributed by atoms with van der Waals surface area (Å²) < 4.78 is 29.1. The van der Waals surface area contributed by atoms with Crippen molar-refractivity contribution in [2.24, 2.45) is 0 Å². The zero-order chi connectivity index (χ0) is 14.5. The third kappa shape index (κ3) is 3.04. The molecule has 0 aliphatic carbocycles. The number of aromatic nitrogens is 2. The van der Waals surface area contributed by atoms with Gasteiger partial charge in [0.15, 0.2) is 11.6 Å². The van der Waals surface area contributed by atoms with Crippen molar-refractivity contribution >= 4 is 0 Å². The molecule has 1 aromatic carbocycles. The zero-order valence-corrected chi connectivity index (χ0v) is 11.7. The Bertz CT molecular complexity index is 566. The van der Waals surface area contributed by atoms with Crippen LogP contribution in [-0.4, -0.2) is 16.1 Å². The van der Waals surface area contributed by atoms with Crippen molar-refractivity contribution in [3.8, 4) is 0 Å². The molecule has 0 amide bonds. The second kappa shape index (κ2) is 6.61. The summed E-state index contributed by atoms with van der Waals surface area (Å²) >= 11 is 0. The van der Waals surface area contributed by atoms with Crippen LogP contribution in [0.2, 0.25) is 0 Å². The number of imidazole rings is 1. The first kappa shape index (κ1) is 14.7. The Morgan fingerprint density at radius 2 is 2.10 bits per heavy atom. The number of nitrogens with zero attached hydrogens (tertiary/aromatic N) is 2. The fraction of sp³-hybridized carbons (Fsp3) is 0.400. The minimum absolute atomic E-state index is 0.133. The number of aryl methyl sites for hydroxylation is 1. The number of rotatable bonds is 6. The van der Waals surface area contributed by atoms with Crippen LogP contribution < -0.4 is 5.32 Å². The van der Waals surface area contributed by atoms with Crippen molar-refractivity contribution in [3.05, 3.63) is 53.6 Å². The second-order valence-corrected chi connectivity index (χ2v) is 4.60. The summed E-state index contributed by atoms with van der Waals surface area (Å²) in [4.78, 5) is 4.34. The van der Waals surface area contributed by atoms with Crippen LogP contribution in [-0.2, 0) is 13.0 Å². The van der Waals surface area contributed by atoms with Gasteiger partial charge in [-0.3, -0.25) is 0 Å². The summed E-state index contributed by atoms with van der Waals surface area (Å²) in [5.74, 6) is -0.736. The highest BCUT2D eigenvalue weighted by atomic mass is 19.2. The van der Waals surface area contributed by atoms with E-state index in [0.29, 0.717) is 12.0 Å². The van der Waals surface area contributed by atoms with E-state index in [4.69, 9.17) is 0 Å². The molecule has 108 valence electrons. The summed E-state index contributed by atoms with van der Waals surface area (Å²) in [6, 6.07) is 4.14. The van der Waals surface area contributed by atoms with Gasteiger partial charge in [0, 0.05) is 18.9 Å². The normalized spacial score (nSPS) is 12.6. The molecule has 0 aliphatic heterocycles. The topological polar surface area (TPSA) is 29.9 Å². The Balaban J connectivity index is 2.28. The molecule has 0 saturated carbocycles. The maximum absolute atomic E-state index is 13.8. The van der Waals surface area contributed by atoms with Crippen LogP contribution in [0.25, 0.3) is 0 Å². The van der Waals surface area contributed by atoms with Gasteiger partial charge >= 0.3 is 0 Å². The molecule has 2 aromatic rings. The first-order valence-corrected chi connectivity index (χ1v) is 6.84. The first-order valence-electron chi connectivity index (χ1n) is 6.84. The molecular formula is C15H19F2N3. The number of likely N-dealkylation sites (N-methyl/N-ethyl adjacent to an activating group) is 1. The Hall–Kier alpha value is -1.75. The van der Waals surface area contributed by atoms with Crippen molar-refractivity contribution < 1.29 is 8.78 Å². The van der Waals surface area contributed by atoms with Gasteiger partial charge in [-0.1, -0.05) is 19.1 Å². The maximum atomic E-state index is 13.8. The molecule has 20 heavy (non-hydrogen) atoms. The van der Waals surface area contributed by atoms with E-state index in [1.807, 2.05) is 24.6 Å². The average Bonchev–Trinajstić information content (AvgIpc) is 2.91. The van der Waals surface area contributed by atoms with Gasteiger partial charge in [0.2, 0.25) is 0 Å². The van der Waals surface area contributed by atoms with Gasteiger partial charge in [0.25, 0.3) is 0 Å². The Morgan fingerprint density at radius 1 is 1.30 bits per heavy atom. The van der Waals surface area contributed by atoms with Gasteiger partial charge in [0.1, 0.15) is 5.82 Å². The minimum atomic E-state index is -0.809. The molecule has 1 unspecified atom stereocenters. The second-order valence-electron chi connectivity index (χ2n) is 4.60. The van der Waals surface area contributed by atoms with Crippen LogP contribution in [0.15, 0.2) is 30.6 Å². The summed E-state index contributed by atoms with van der Waals surface area (Å²) in [5.41, 5.74) is 0.363. The van der Waals surface area contributed by atoms with Crippen LogP contribution in [0.3, 0.4) is 0 Å². The third-order valence-corrected chi connectivity index (χ3v) is 3.31. The van der Waals surface area contributed by atoms with E-state index in [0.717, 1.165) is 25.0 Å². The van der Waals surface area contributed by atoms with Crippen molar-refractivity contribution in [2.75, 3.05) is 6.54 Å². The summed E-state index contributed by atoms with van der Waals surface area (Å²) in [5, 5.41) is 3.28. The zero-order valence-electron chi connectivity index (χ0n) is 11.7. The molecule has 1 aromatic heterocycles. The predicted molar refractivity (Wildman–Crippen MR) is 74.4 cm³/mol. The lowest BCUT2D eigenvalue weighted by atomic mass is 10.0. The van der Waals surface area contributed by atoms with E-state index in [2.05, 4.69) is 10.3 Å². The molecule has 0 radical (unpaired) electrons. The van der Waals surface area contributed by atoms with Gasteiger partial charge in [0.05, 0.1) is 6.04 Å². The highest BCUT2D eigenvalue weighted by molar-refractivity contribution is 5.21. The van der Waals surface area contributed by atoms with E-state index in [1.165, 1.54) is 6.07 Å². The molecule has 0 fully saturated rings. The van der Waals surface area contributed by atoms with Crippen molar-refractivity contribution in [3.63, 3.8) is 0 Å². The highest BCUT2D eigenvalue weighted by Crippen LogP contribution is 2.20. The third-order valence-electron chi connectivity index (χ3n) is 3.31. The molecule has 1 atom stereocenters. The maximum Gasteiger partial charge on any atom is 0.162 e. The molecule has 0 bridgehead atoms. The van der Waals surface area contributed by atoms with Gasteiger partial charge in [-0.25, -0.2) is 13.8 Å². The largest absolute Gasteiger partial charge is 0.334 e. The molecule has 0 saturated heterocycles. The van der Waals surface area contributed by atoms with Gasteiger partial charge < -0.3 is 9.88 Å². The summed E-state index contributed by atoms with van der Waals surface area (Å²) in [6.45, 7) is 5.53. The van der Waals surface area contributed by atoms with Crippen LogP contribution in [0.1, 0.15) is 31.3 Å². The Kier molecular flexibility index (Phi) is 4.84. The number of hydrogen-bond acceptors (Lipinski definition) is 2. The van der Waals surface area contributed by atoms with Gasteiger partial charge in [-0.15, -0.1) is 0 Å². The fourth-order valence-corrected chi connectivity index (χ4v) is 2.33. The lowest BCUT2D eigenvalue weighted by Gasteiger charge is -2.19. The lowest BCUT2D eigenvalue weighted by Crippen LogP contribution is -2.26. The van der Waals surface area contributed by atoms with E-state index in [9.17, 15) is 8.78 Å². The van der Waals surface area contributed by atoms with E-state index < -0.39 is 11.6 Å². The van der Waals surface area contributed by atoms with Crippen LogP contribution in [0.4, 0.5) is 8.78 Å². The Labute approximate surface area is 117 Å². The van der Waals surface area contributed by atoms with Crippen LogP contribution in [0, 0.1) is 11.6 Å². The summed E-state index contributed by atoms with van der Waals surface area (Å²) in [7, 11) is 0. The van der Waals surface area contributed by atoms with Crippen molar-refractivity contribution in [2.45, 2.75) is 32.9 Å². The van der Waals surface area contributed by atoms with E-state index in [-0.39, 0.29) is 6.04 Å². The molecule has 1 heterocycles. The number of benzene rings is 1. The van der Waals surface area contributed by atoms with Gasteiger partial charge in [-0.2, -0.15) is 0 Å².